The molecule has 1 aromatic carbocycles. The number of nitrogens with two attached hydrogens (primary N) is 1. The number of amides is 1. The summed E-state index contributed by atoms with van der Waals surface area (Å²) in [7, 11) is 0. The molecule has 17 heavy (non-hydrogen) atoms. The van der Waals surface area contributed by atoms with Gasteiger partial charge in [0.25, 0.3) is 0 Å². The van der Waals surface area contributed by atoms with Crippen LogP contribution in [0.1, 0.15) is 17.3 Å². The van der Waals surface area contributed by atoms with Gasteiger partial charge in [-0.25, -0.2) is 0 Å². The first-order valence-corrected chi connectivity index (χ1v) is 5.09. The number of hydrogen-bond donors (Lipinski definition) is 1. The number of allylic oxidation sites excluding steroid dienone is 3. The Morgan fingerprint density at radius 2 is 2.06 bits per heavy atom. The van der Waals surface area contributed by atoms with Gasteiger partial charge in [0.1, 0.15) is 11.5 Å². The molecule has 1 rings (SSSR count). The second kappa shape index (κ2) is 5.70. The van der Waals surface area contributed by atoms with E-state index in [-0.39, 0.29) is 0 Å². The summed E-state index contributed by atoms with van der Waals surface area (Å²) in [5.41, 5.74) is 6.47. The van der Waals surface area contributed by atoms with E-state index in [1.807, 2.05) is 6.92 Å². The highest BCUT2D eigenvalue weighted by Gasteiger charge is 2.02. The van der Waals surface area contributed by atoms with Gasteiger partial charge < -0.3 is 10.5 Å². The number of primary amides is 1. The molecule has 0 spiro atoms. The van der Waals surface area contributed by atoms with Gasteiger partial charge in [-0.05, 0) is 31.2 Å². The minimum absolute atomic E-state index is 0.402. The van der Waals surface area contributed by atoms with Crippen molar-refractivity contribution >= 4 is 5.91 Å². The maximum absolute atomic E-state index is 11.0. The fourth-order valence-electron chi connectivity index (χ4n) is 1.13. The Hall–Kier alpha value is -2.29. The molecular weight excluding hydrogens is 214 g/mol. The van der Waals surface area contributed by atoms with E-state index in [0.29, 0.717) is 17.1 Å². The van der Waals surface area contributed by atoms with E-state index in [0.717, 1.165) is 5.57 Å². The molecule has 3 heteroatoms. The second-order valence-electron chi connectivity index (χ2n) is 3.64. The monoisotopic (exact) mass is 229 g/mol. The molecule has 0 atom stereocenters. The van der Waals surface area contributed by atoms with Gasteiger partial charge in [0.15, 0.2) is 0 Å². The summed E-state index contributed by atoms with van der Waals surface area (Å²) in [5, 5.41) is 0. The largest absolute Gasteiger partial charge is 0.458 e. The first-order valence-electron chi connectivity index (χ1n) is 5.09. The van der Waals surface area contributed by atoms with Crippen LogP contribution in [0.2, 0.25) is 0 Å². The minimum atomic E-state index is -0.487. The summed E-state index contributed by atoms with van der Waals surface area (Å²) in [6.45, 7) is 9.33. The molecule has 0 radical (unpaired) electrons. The van der Waals surface area contributed by atoms with Crippen molar-refractivity contribution in [1.29, 1.82) is 0 Å². The lowest BCUT2D eigenvalue weighted by atomic mass is 10.2. The molecule has 0 bridgehead atoms. The Kier molecular flexibility index (Phi) is 4.29. The van der Waals surface area contributed by atoms with Crippen LogP contribution >= 0.6 is 0 Å². The predicted octanol–water partition coefficient (Wildman–Crippen LogP) is 2.81. The van der Waals surface area contributed by atoms with E-state index in [4.69, 9.17) is 10.5 Å². The fraction of sp³-hybridized carbons (Fsp3) is 0.0714. The predicted molar refractivity (Wildman–Crippen MR) is 68.7 cm³/mol. The average molecular weight is 229 g/mol. The summed E-state index contributed by atoms with van der Waals surface area (Å²) < 4.78 is 5.43. The van der Waals surface area contributed by atoms with Gasteiger partial charge in [0, 0.05) is 5.56 Å². The molecule has 0 aliphatic carbocycles. The van der Waals surface area contributed by atoms with Gasteiger partial charge in [-0.1, -0.05) is 30.9 Å². The number of benzene rings is 1. The Morgan fingerprint density at radius 1 is 1.35 bits per heavy atom. The zero-order chi connectivity index (χ0) is 12.8. The van der Waals surface area contributed by atoms with Crippen LogP contribution in [0.5, 0.6) is 5.75 Å². The summed E-state index contributed by atoms with van der Waals surface area (Å²) in [6, 6.07) is 6.63. The van der Waals surface area contributed by atoms with Gasteiger partial charge in [-0.15, -0.1) is 0 Å². The maximum Gasteiger partial charge on any atom is 0.248 e. The third-order valence-electron chi connectivity index (χ3n) is 1.92. The van der Waals surface area contributed by atoms with Crippen molar-refractivity contribution in [3.8, 4) is 5.75 Å². The highest BCUT2D eigenvalue weighted by Crippen LogP contribution is 2.16. The highest BCUT2D eigenvalue weighted by atomic mass is 16.5. The van der Waals surface area contributed by atoms with Gasteiger partial charge in [-0.2, -0.15) is 0 Å². The molecule has 0 unspecified atom stereocenters. The van der Waals surface area contributed by atoms with E-state index in [1.165, 1.54) is 0 Å². The molecule has 3 nitrogen and oxygen atoms in total. The molecule has 1 aromatic rings. The van der Waals surface area contributed by atoms with Crippen LogP contribution < -0.4 is 10.5 Å². The Labute approximate surface area is 101 Å². The summed E-state index contributed by atoms with van der Waals surface area (Å²) >= 11 is 0. The standard InChI is InChI=1S/C14H15NO2/c1-10(2)7-8-11(3)17-13-6-4-5-12(9-13)14(15)16/h4-9H,1,3H2,2H3,(H2,15,16)/b8-7-. The van der Waals surface area contributed by atoms with Crippen LogP contribution in [0.25, 0.3) is 0 Å². The van der Waals surface area contributed by atoms with Crippen LogP contribution in [0.4, 0.5) is 0 Å². The lowest BCUT2D eigenvalue weighted by molar-refractivity contribution is 0.1000. The van der Waals surface area contributed by atoms with Gasteiger partial charge in [-0.3, -0.25) is 4.79 Å². The molecule has 0 aliphatic heterocycles. The van der Waals surface area contributed by atoms with Crippen LogP contribution in [0.3, 0.4) is 0 Å². The molecule has 0 heterocycles. The number of rotatable bonds is 5. The van der Waals surface area contributed by atoms with Crippen molar-refractivity contribution in [2.45, 2.75) is 6.92 Å². The lowest BCUT2D eigenvalue weighted by Gasteiger charge is -2.05. The molecule has 0 fully saturated rings. The van der Waals surface area contributed by atoms with Crippen LogP contribution in [-0.4, -0.2) is 5.91 Å². The van der Waals surface area contributed by atoms with Crippen molar-refractivity contribution in [1.82, 2.24) is 0 Å². The van der Waals surface area contributed by atoms with Crippen LogP contribution in [-0.2, 0) is 0 Å². The number of carbonyl (C=O) groups excluding carboxylic acids is 1. The van der Waals surface area contributed by atoms with Crippen molar-refractivity contribution < 1.29 is 9.53 Å². The average Bonchev–Trinajstić information content (AvgIpc) is 2.26. The molecule has 0 saturated carbocycles. The SMILES string of the molecule is C=C(C)/C=C\C(=C)Oc1cccc(C(N)=O)c1. The maximum atomic E-state index is 11.0. The zero-order valence-corrected chi connectivity index (χ0v) is 9.77. The molecule has 0 aromatic heterocycles. The summed E-state index contributed by atoms with van der Waals surface area (Å²) in [4.78, 5) is 11.0. The lowest BCUT2D eigenvalue weighted by Crippen LogP contribution is -2.10. The number of carbonyl (C=O) groups is 1. The van der Waals surface area contributed by atoms with Crippen molar-refractivity contribution in [2.24, 2.45) is 5.73 Å². The van der Waals surface area contributed by atoms with Crippen LogP contribution in [0.15, 0.2) is 60.9 Å². The van der Waals surface area contributed by atoms with E-state index >= 15 is 0 Å². The van der Waals surface area contributed by atoms with E-state index in [9.17, 15) is 4.79 Å². The summed E-state index contributed by atoms with van der Waals surface area (Å²) in [6.07, 6.45) is 3.50. The third-order valence-corrected chi connectivity index (χ3v) is 1.92. The molecule has 2 N–H and O–H groups in total. The van der Waals surface area contributed by atoms with E-state index in [1.54, 1.807) is 36.4 Å². The van der Waals surface area contributed by atoms with Crippen molar-refractivity contribution in [3.05, 3.63) is 66.5 Å². The second-order valence-corrected chi connectivity index (χ2v) is 3.64. The Bertz CT molecular complexity index is 487. The normalized spacial score (nSPS) is 10.2. The molecular formula is C14H15NO2. The molecule has 88 valence electrons. The first-order chi connectivity index (χ1) is 7.99. The number of ether oxygens (including phenoxy) is 1. The summed E-state index contributed by atoms with van der Waals surface area (Å²) in [5.74, 6) is 0.505. The van der Waals surface area contributed by atoms with Crippen molar-refractivity contribution in [2.75, 3.05) is 0 Å². The number of hydrogen-bond acceptors (Lipinski definition) is 2. The van der Waals surface area contributed by atoms with Crippen LogP contribution in [0, 0.1) is 0 Å². The molecule has 0 saturated heterocycles. The van der Waals surface area contributed by atoms with E-state index in [2.05, 4.69) is 13.2 Å². The van der Waals surface area contributed by atoms with Crippen molar-refractivity contribution in [3.63, 3.8) is 0 Å². The smallest absolute Gasteiger partial charge is 0.248 e. The fourth-order valence-corrected chi connectivity index (χ4v) is 1.13. The van der Waals surface area contributed by atoms with E-state index < -0.39 is 5.91 Å². The van der Waals surface area contributed by atoms with Gasteiger partial charge in [0.05, 0.1) is 0 Å². The van der Waals surface area contributed by atoms with Gasteiger partial charge >= 0.3 is 0 Å². The molecule has 1 amide bonds. The molecule has 0 aliphatic rings. The first kappa shape index (κ1) is 12.8. The Morgan fingerprint density at radius 3 is 2.65 bits per heavy atom. The zero-order valence-electron chi connectivity index (χ0n) is 9.77. The topological polar surface area (TPSA) is 52.3 Å². The van der Waals surface area contributed by atoms with Gasteiger partial charge in [0.2, 0.25) is 5.91 Å². The quantitative estimate of drug-likeness (QED) is 0.623. The highest BCUT2D eigenvalue weighted by molar-refractivity contribution is 5.93. The minimum Gasteiger partial charge on any atom is -0.458 e. The Balaban J connectivity index is 2.75. The third kappa shape index (κ3) is 4.38.